The van der Waals surface area contributed by atoms with Crippen molar-refractivity contribution < 1.29 is 23.1 Å². The lowest BCUT2D eigenvalue weighted by atomic mass is 9.93. The van der Waals surface area contributed by atoms with Crippen molar-refractivity contribution in [3.05, 3.63) is 82.4 Å². The van der Waals surface area contributed by atoms with Crippen LogP contribution in [0.25, 0.3) is 21.9 Å². The number of furan rings is 1. The molecule has 156 valence electrons. The molecular formula is C25H17ClF2O3. The van der Waals surface area contributed by atoms with Crippen LogP contribution < -0.4 is 0 Å². The van der Waals surface area contributed by atoms with Crippen LogP contribution in [-0.2, 0) is 10.7 Å². The fourth-order valence-corrected chi connectivity index (χ4v) is 3.64. The molecule has 1 N–H and O–H groups in total. The predicted molar refractivity (Wildman–Crippen MR) is 116 cm³/mol. The van der Waals surface area contributed by atoms with E-state index in [4.69, 9.17) is 16.0 Å². The van der Waals surface area contributed by atoms with Gasteiger partial charge in [0.1, 0.15) is 5.58 Å². The number of aliphatic hydroxyl groups excluding tert-OH is 1. The van der Waals surface area contributed by atoms with E-state index in [2.05, 4.69) is 11.8 Å². The van der Waals surface area contributed by atoms with Gasteiger partial charge in [0.15, 0.2) is 17.5 Å². The summed E-state index contributed by atoms with van der Waals surface area (Å²) in [5, 5.41) is 11.2. The van der Waals surface area contributed by atoms with Gasteiger partial charge in [-0.3, -0.25) is 4.79 Å². The van der Waals surface area contributed by atoms with Crippen molar-refractivity contribution in [1.82, 2.24) is 0 Å². The number of Topliss-reactive ketones (excluding diaryl/α,β-unsaturated/α-hetero) is 1. The molecule has 31 heavy (non-hydrogen) atoms. The summed E-state index contributed by atoms with van der Waals surface area (Å²) < 4.78 is 36.2. The molecule has 4 rings (SSSR count). The molecule has 0 spiro atoms. The summed E-state index contributed by atoms with van der Waals surface area (Å²) in [6.07, 6.45) is -2.65. The van der Waals surface area contributed by atoms with Gasteiger partial charge in [0, 0.05) is 33.3 Å². The Morgan fingerprint density at radius 3 is 2.65 bits per heavy atom. The lowest BCUT2D eigenvalue weighted by Crippen LogP contribution is -2.37. The van der Waals surface area contributed by atoms with E-state index in [1.807, 2.05) is 0 Å². The van der Waals surface area contributed by atoms with Crippen molar-refractivity contribution in [3.63, 3.8) is 0 Å². The van der Waals surface area contributed by atoms with Gasteiger partial charge in [-0.15, -0.1) is 0 Å². The van der Waals surface area contributed by atoms with Crippen molar-refractivity contribution in [3.8, 4) is 11.8 Å². The number of fused-ring (bicyclic) bond motifs is 3. The molecule has 0 saturated heterocycles. The maximum atomic E-state index is 15.2. The van der Waals surface area contributed by atoms with Gasteiger partial charge in [-0.2, -0.15) is 8.78 Å². The Balaban J connectivity index is 1.95. The van der Waals surface area contributed by atoms with Crippen LogP contribution in [0.5, 0.6) is 0 Å². The zero-order valence-corrected chi connectivity index (χ0v) is 17.2. The monoisotopic (exact) mass is 438 g/mol. The SMILES string of the molecule is CCC(=O)C(O)C(F)(F)c1ccc(C#Cc2cccc(Cl)c2)c2oc3ccccc3c12. The topological polar surface area (TPSA) is 50.4 Å². The van der Waals surface area contributed by atoms with E-state index in [0.717, 1.165) is 0 Å². The number of hydrogen-bond donors (Lipinski definition) is 1. The second-order valence-corrected chi connectivity index (χ2v) is 7.51. The average molecular weight is 439 g/mol. The fourth-order valence-electron chi connectivity index (χ4n) is 3.45. The van der Waals surface area contributed by atoms with Crippen LogP contribution in [0.2, 0.25) is 5.02 Å². The zero-order valence-electron chi connectivity index (χ0n) is 16.5. The summed E-state index contributed by atoms with van der Waals surface area (Å²) in [4.78, 5) is 11.8. The second kappa shape index (κ2) is 8.14. The molecule has 1 heterocycles. The molecule has 0 aliphatic rings. The Labute approximate surface area is 182 Å². The van der Waals surface area contributed by atoms with Crippen molar-refractivity contribution in [2.45, 2.75) is 25.4 Å². The van der Waals surface area contributed by atoms with Gasteiger partial charge in [-0.25, -0.2) is 0 Å². The van der Waals surface area contributed by atoms with E-state index in [1.54, 1.807) is 48.5 Å². The third-order valence-electron chi connectivity index (χ3n) is 5.05. The van der Waals surface area contributed by atoms with Gasteiger partial charge in [-0.05, 0) is 30.3 Å². The number of ketones is 1. The molecule has 3 nitrogen and oxygen atoms in total. The average Bonchev–Trinajstić information content (AvgIpc) is 3.16. The summed E-state index contributed by atoms with van der Waals surface area (Å²) in [6, 6.07) is 16.3. The Kier molecular flexibility index (Phi) is 5.53. The molecule has 3 aromatic carbocycles. The number of alkyl halides is 2. The van der Waals surface area contributed by atoms with Gasteiger partial charge in [-0.1, -0.05) is 60.7 Å². The molecule has 0 bridgehead atoms. The lowest BCUT2D eigenvalue weighted by Gasteiger charge is -2.22. The second-order valence-electron chi connectivity index (χ2n) is 7.07. The van der Waals surface area contributed by atoms with Crippen LogP contribution >= 0.6 is 11.6 Å². The molecule has 0 amide bonds. The normalized spacial score (nSPS) is 12.5. The van der Waals surface area contributed by atoms with Gasteiger partial charge in [0.05, 0.1) is 5.56 Å². The first kappa shape index (κ1) is 21.0. The summed E-state index contributed by atoms with van der Waals surface area (Å²) in [7, 11) is 0. The number of rotatable bonds is 4. The maximum absolute atomic E-state index is 15.2. The highest BCUT2D eigenvalue weighted by molar-refractivity contribution is 6.30. The van der Waals surface area contributed by atoms with Gasteiger partial charge in [0.2, 0.25) is 0 Å². The quantitative estimate of drug-likeness (QED) is 0.393. The molecular weight excluding hydrogens is 422 g/mol. The van der Waals surface area contributed by atoms with Crippen molar-refractivity contribution in [2.24, 2.45) is 0 Å². The van der Waals surface area contributed by atoms with Crippen molar-refractivity contribution in [1.29, 1.82) is 0 Å². The lowest BCUT2D eigenvalue weighted by molar-refractivity contribution is -0.153. The van der Waals surface area contributed by atoms with Gasteiger partial charge < -0.3 is 9.52 Å². The van der Waals surface area contributed by atoms with Crippen molar-refractivity contribution in [2.75, 3.05) is 0 Å². The molecule has 0 saturated carbocycles. The maximum Gasteiger partial charge on any atom is 0.306 e. The number of carbonyl (C=O) groups is 1. The Morgan fingerprint density at radius 2 is 1.90 bits per heavy atom. The summed E-state index contributed by atoms with van der Waals surface area (Å²) in [5.74, 6) is 1.19. The molecule has 1 aromatic heterocycles. The summed E-state index contributed by atoms with van der Waals surface area (Å²) in [6.45, 7) is 1.43. The van der Waals surface area contributed by atoms with E-state index in [-0.39, 0.29) is 17.4 Å². The molecule has 0 aliphatic heterocycles. The highest BCUT2D eigenvalue weighted by Gasteiger charge is 2.45. The Hall–Kier alpha value is -3.20. The number of halogens is 3. The minimum absolute atomic E-state index is 0.126. The van der Waals surface area contributed by atoms with Gasteiger partial charge >= 0.3 is 5.92 Å². The third-order valence-corrected chi connectivity index (χ3v) is 5.28. The first-order valence-electron chi connectivity index (χ1n) is 9.63. The third kappa shape index (κ3) is 3.81. The fraction of sp³-hybridized carbons (Fsp3) is 0.160. The number of carbonyl (C=O) groups excluding carboxylic acids is 1. The van der Waals surface area contributed by atoms with Crippen LogP contribution in [0.15, 0.2) is 65.1 Å². The number of hydrogen-bond acceptors (Lipinski definition) is 3. The summed E-state index contributed by atoms with van der Waals surface area (Å²) in [5.41, 5.74) is 1.17. The van der Waals surface area contributed by atoms with Crippen LogP contribution in [0.1, 0.15) is 30.0 Å². The Bertz CT molecular complexity index is 1360. The highest BCUT2D eigenvalue weighted by atomic mass is 35.5. The number of para-hydroxylation sites is 1. The molecule has 1 unspecified atom stereocenters. The first-order valence-corrected chi connectivity index (χ1v) is 10.0. The highest BCUT2D eigenvalue weighted by Crippen LogP contribution is 2.42. The number of aliphatic hydroxyl groups is 1. The largest absolute Gasteiger partial charge is 0.455 e. The smallest absolute Gasteiger partial charge is 0.306 e. The van der Waals surface area contributed by atoms with Crippen LogP contribution in [-0.4, -0.2) is 17.0 Å². The molecule has 1 atom stereocenters. The Morgan fingerprint density at radius 1 is 1.13 bits per heavy atom. The first-order chi connectivity index (χ1) is 14.8. The van der Waals surface area contributed by atoms with E-state index in [1.165, 1.54) is 19.1 Å². The molecule has 0 aliphatic carbocycles. The number of benzene rings is 3. The minimum Gasteiger partial charge on any atom is -0.455 e. The predicted octanol–water partition coefficient (Wildman–Crippen LogP) is 6.07. The summed E-state index contributed by atoms with van der Waals surface area (Å²) >= 11 is 5.99. The van der Waals surface area contributed by atoms with E-state index >= 15 is 8.78 Å². The van der Waals surface area contributed by atoms with Crippen LogP contribution in [0, 0.1) is 11.8 Å². The van der Waals surface area contributed by atoms with E-state index in [9.17, 15) is 9.90 Å². The molecule has 4 aromatic rings. The van der Waals surface area contributed by atoms with Crippen LogP contribution in [0.3, 0.4) is 0 Å². The van der Waals surface area contributed by atoms with E-state index < -0.39 is 23.4 Å². The van der Waals surface area contributed by atoms with E-state index in [0.29, 0.717) is 27.1 Å². The minimum atomic E-state index is -3.79. The standard InChI is InChI=1S/C25H17ClF2O3/c1-2-20(29)24(30)25(27,28)19-13-12-16(11-10-15-6-5-7-17(26)14-15)23-22(19)18-8-3-4-9-21(18)31-23/h3-9,12-14,24,30H,2H2,1H3. The zero-order chi connectivity index (χ0) is 22.2. The molecule has 0 radical (unpaired) electrons. The van der Waals surface area contributed by atoms with Gasteiger partial charge in [0.25, 0.3) is 0 Å². The van der Waals surface area contributed by atoms with Crippen molar-refractivity contribution >= 4 is 39.3 Å². The van der Waals surface area contributed by atoms with Crippen LogP contribution in [0.4, 0.5) is 8.78 Å². The molecule has 0 fully saturated rings. The molecule has 6 heteroatoms.